The summed E-state index contributed by atoms with van der Waals surface area (Å²) in [5.74, 6) is 0.760. The minimum atomic E-state index is 0.508. The summed E-state index contributed by atoms with van der Waals surface area (Å²) in [5.41, 5.74) is 4.87. The van der Waals surface area contributed by atoms with Gasteiger partial charge in [-0.3, -0.25) is 4.79 Å². The van der Waals surface area contributed by atoms with Gasteiger partial charge >= 0.3 is 0 Å². The van der Waals surface area contributed by atoms with Gasteiger partial charge in [0.2, 0.25) is 0 Å². The fraction of sp³-hybridized carbons (Fsp3) is 0.0952. The largest absolute Gasteiger partial charge is 0.489 e. The van der Waals surface area contributed by atoms with E-state index >= 15 is 0 Å². The van der Waals surface area contributed by atoms with Crippen molar-refractivity contribution in [2.24, 2.45) is 0 Å². The molecule has 0 unspecified atom stereocenters. The number of aryl methyl sites for hydroxylation is 1. The predicted molar refractivity (Wildman–Crippen MR) is 92.8 cm³/mol. The van der Waals surface area contributed by atoms with Crippen molar-refractivity contribution in [3.05, 3.63) is 89.5 Å². The lowest BCUT2D eigenvalue weighted by molar-refractivity contribution is 0.112. The first-order valence-electron chi connectivity index (χ1n) is 7.59. The molecule has 2 nitrogen and oxygen atoms in total. The second-order valence-electron chi connectivity index (χ2n) is 5.51. The van der Waals surface area contributed by atoms with Crippen LogP contribution < -0.4 is 4.74 Å². The molecule has 0 bridgehead atoms. The molecule has 0 saturated heterocycles. The van der Waals surface area contributed by atoms with Gasteiger partial charge in [-0.25, -0.2) is 0 Å². The van der Waals surface area contributed by atoms with Gasteiger partial charge in [-0.05, 0) is 41.8 Å². The molecule has 0 fully saturated rings. The van der Waals surface area contributed by atoms with E-state index in [-0.39, 0.29) is 0 Å². The van der Waals surface area contributed by atoms with Crippen LogP contribution in [0.1, 0.15) is 21.5 Å². The van der Waals surface area contributed by atoms with Crippen LogP contribution in [-0.2, 0) is 6.61 Å². The van der Waals surface area contributed by atoms with Gasteiger partial charge in [0.15, 0.2) is 6.29 Å². The lowest BCUT2D eigenvalue weighted by atomic mass is 9.98. The van der Waals surface area contributed by atoms with E-state index in [0.717, 1.165) is 34.3 Å². The third kappa shape index (κ3) is 3.67. The van der Waals surface area contributed by atoms with Crippen LogP contribution in [0.3, 0.4) is 0 Å². The first kappa shape index (κ1) is 15.0. The fourth-order valence-electron chi connectivity index (χ4n) is 2.53. The number of carbonyl (C=O) groups is 1. The zero-order chi connectivity index (χ0) is 16.1. The third-order valence-corrected chi connectivity index (χ3v) is 3.73. The molecule has 0 aliphatic carbocycles. The van der Waals surface area contributed by atoms with E-state index in [4.69, 9.17) is 4.74 Å². The number of hydrogen-bond acceptors (Lipinski definition) is 2. The Hall–Kier alpha value is -2.87. The normalized spacial score (nSPS) is 10.3. The summed E-state index contributed by atoms with van der Waals surface area (Å²) in [4.78, 5) is 11.3. The van der Waals surface area contributed by atoms with E-state index in [9.17, 15) is 4.79 Å². The minimum absolute atomic E-state index is 0.508. The Balaban J connectivity index is 1.88. The average Bonchev–Trinajstić information content (AvgIpc) is 2.60. The zero-order valence-electron chi connectivity index (χ0n) is 13.0. The van der Waals surface area contributed by atoms with Gasteiger partial charge in [0.1, 0.15) is 12.4 Å². The van der Waals surface area contributed by atoms with Crippen molar-refractivity contribution < 1.29 is 9.53 Å². The van der Waals surface area contributed by atoms with Crippen LogP contribution in [0.2, 0.25) is 0 Å². The molecule has 0 amide bonds. The van der Waals surface area contributed by atoms with E-state index in [1.54, 1.807) is 0 Å². The van der Waals surface area contributed by atoms with Crippen LogP contribution in [-0.4, -0.2) is 6.29 Å². The van der Waals surface area contributed by atoms with Crippen molar-refractivity contribution in [1.29, 1.82) is 0 Å². The summed E-state index contributed by atoms with van der Waals surface area (Å²) < 4.78 is 5.87. The van der Waals surface area contributed by atoms with Gasteiger partial charge in [0, 0.05) is 5.56 Å². The number of benzene rings is 3. The summed E-state index contributed by atoms with van der Waals surface area (Å²) >= 11 is 0. The highest BCUT2D eigenvalue weighted by molar-refractivity contribution is 5.88. The van der Waals surface area contributed by atoms with Gasteiger partial charge in [-0.1, -0.05) is 60.2 Å². The first-order chi connectivity index (χ1) is 11.3. The summed E-state index contributed by atoms with van der Waals surface area (Å²) in [7, 11) is 0. The molecule has 0 saturated carbocycles. The monoisotopic (exact) mass is 302 g/mol. The van der Waals surface area contributed by atoms with Crippen molar-refractivity contribution in [3.8, 4) is 16.9 Å². The average molecular weight is 302 g/mol. The SMILES string of the molecule is Cc1cccc(-c2cc(OCc3ccccc3)ccc2C=O)c1. The molecule has 3 aromatic rings. The number of rotatable bonds is 5. The van der Waals surface area contributed by atoms with Crippen molar-refractivity contribution in [2.75, 3.05) is 0 Å². The molecule has 0 heterocycles. The lowest BCUT2D eigenvalue weighted by Gasteiger charge is -2.11. The molecule has 3 rings (SSSR count). The number of carbonyl (C=O) groups excluding carboxylic acids is 1. The van der Waals surface area contributed by atoms with Crippen LogP contribution in [0.15, 0.2) is 72.8 Å². The first-order valence-corrected chi connectivity index (χ1v) is 7.59. The Morgan fingerprint density at radius 1 is 0.913 bits per heavy atom. The van der Waals surface area contributed by atoms with Gasteiger partial charge in [0.25, 0.3) is 0 Å². The maximum atomic E-state index is 11.3. The molecule has 0 radical (unpaired) electrons. The molecule has 0 atom stereocenters. The second kappa shape index (κ2) is 6.93. The lowest BCUT2D eigenvalue weighted by Crippen LogP contribution is -1.96. The Labute approximate surface area is 136 Å². The number of aldehydes is 1. The van der Waals surface area contributed by atoms with Crippen molar-refractivity contribution in [3.63, 3.8) is 0 Å². The molecule has 3 aromatic carbocycles. The minimum Gasteiger partial charge on any atom is -0.489 e. The molecule has 0 aromatic heterocycles. The zero-order valence-corrected chi connectivity index (χ0v) is 13.0. The summed E-state index contributed by atoms with van der Waals surface area (Å²) in [6, 6.07) is 23.7. The van der Waals surface area contributed by atoms with E-state index in [1.165, 1.54) is 0 Å². The molecule has 2 heteroatoms. The molecule has 0 spiro atoms. The molecule has 0 N–H and O–H groups in total. The van der Waals surface area contributed by atoms with Gasteiger partial charge in [0.05, 0.1) is 0 Å². The van der Waals surface area contributed by atoms with Crippen LogP contribution in [0, 0.1) is 6.92 Å². The topological polar surface area (TPSA) is 26.3 Å². The van der Waals surface area contributed by atoms with Crippen LogP contribution in [0.5, 0.6) is 5.75 Å². The predicted octanol–water partition coefficient (Wildman–Crippen LogP) is 5.05. The van der Waals surface area contributed by atoms with Gasteiger partial charge in [-0.2, -0.15) is 0 Å². The van der Waals surface area contributed by atoms with Crippen LogP contribution in [0.4, 0.5) is 0 Å². The van der Waals surface area contributed by atoms with E-state index in [1.807, 2.05) is 73.7 Å². The van der Waals surface area contributed by atoms with Crippen molar-refractivity contribution in [1.82, 2.24) is 0 Å². The molecule has 114 valence electrons. The molecular weight excluding hydrogens is 284 g/mol. The van der Waals surface area contributed by atoms with Crippen LogP contribution in [0.25, 0.3) is 11.1 Å². The molecule has 0 aliphatic heterocycles. The molecule has 0 aliphatic rings. The highest BCUT2D eigenvalue weighted by Gasteiger charge is 2.07. The second-order valence-corrected chi connectivity index (χ2v) is 5.51. The Morgan fingerprint density at radius 2 is 1.74 bits per heavy atom. The molecule has 23 heavy (non-hydrogen) atoms. The van der Waals surface area contributed by atoms with Gasteiger partial charge < -0.3 is 4.74 Å². The maximum Gasteiger partial charge on any atom is 0.150 e. The quantitative estimate of drug-likeness (QED) is 0.616. The molecular formula is C21H18O2. The maximum absolute atomic E-state index is 11.3. The Bertz CT molecular complexity index is 807. The third-order valence-electron chi connectivity index (χ3n) is 3.73. The smallest absolute Gasteiger partial charge is 0.150 e. The highest BCUT2D eigenvalue weighted by atomic mass is 16.5. The van der Waals surface area contributed by atoms with E-state index < -0.39 is 0 Å². The standard InChI is InChI=1S/C21H18O2/c1-16-6-5-9-18(12-16)21-13-20(11-10-19(21)14-22)23-15-17-7-3-2-4-8-17/h2-14H,15H2,1H3. The highest BCUT2D eigenvalue weighted by Crippen LogP contribution is 2.28. The van der Waals surface area contributed by atoms with Crippen molar-refractivity contribution in [2.45, 2.75) is 13.5 Å². The number of ether oxygens (including phenoxy) is 1. The summed E-state index contributed by atoms with van der Waals surface area (Å²) in [6.07, 6.45) is 0.888. The Morgan fingerprint density at radius 3 is 2.48 bits per heavy atom. The fourth-order valence-corrected chi connectivity index (χ4v) is 2.53. The summed E-state index contributed by atoms with van der Waals surface area (Å²) in [6.45, 7) is 2.55. The van der Waals surface area contributed by atoms with Crippen LogP contribution >= 0.6 is 0 Å². The van der Waals surface area contributed by atoms with Gasteiger partial charge in [-0.15, -0.1) is 0 Å². The number of hydrogen-bond donors (Lipinski definition) is 0. The summed E-state index contributed by atoms with van der Waals surface area (Å²) in [5, 5.41) is 0. The van der Waals surface area contributed by atoms with E-state index in [2.05, 4.69) is 6.07 Å². The van der Waals surface area contributed by atoms with E-state index in [0.29, 0.717) is 12.2 Å². The van der Waals surface area contributed by atoms with Crippen molar-refractivity contribution >= 4 is 6.29 Å². The Kier molecular flexibility index (Phi) is 4.53.